The first-order valence-electron chi connectivity index (χ1n) is 7.32. The van der Waals surface area contributed by atoms with Gasteiger partial charge in [-0.25, -0.2) is 4.39 Å². The SMILES string of the molecule is Cl.O=C(CC1COCCN1)NCc1cc(F)cc2c1OCOC2. The van der Waals surface area contributed by atoms with Crippen LogP contribution >= 0.6 is 12.4 Å². The highest BCUT2D eigenvalue weighted by Crippen LogP contribution is 2.29. The van der Waals surface area contributed by atoms with E-state index in [1.54, 1.807) is 0 Å². The van der Waals surface area contributed by atoms with Gasteiger partial charge in [0, 0.05) is 36.7 Å². The second-order valence-electron chi connectivity index (χ2n) is 5.37. The molecule has 2 aliphatic heterocycles. The normalized spacial score (nSPS) is 20.0. The molecule has 3 rings (SSSR count). The molecular weight excluding hydrogens is 327 g/mol. The number of halogens is 2. The minimum absolute atomic E-state index is 0. The van der Waals surface area contributed by atoms with Gasteiger partial charge in [0.25, 0.3) is 0 Å². The topological polar surface area (TPSA) is 68.8 Å². The Hall–Kier alpha value is -1.41. The van der Waals surface area contributed by atoms with E-state index in [-0.39, 0.29) is 43.5 Å². The fourth-order valence-electron chi connectivity index (χ4n) is 2.63. The van der Waals surface area contributed by atoms with Gasteiger partial charge in [0.2, 0.25) is 5.91 Å². The first-order valence-corrected chi connectivity index (χ1v) is 7.32. The zero-order valence-corrected chi connectivity index (χ0v) is 13.4. The molecule has 2 heterocycles. The molecule has 1 fully saturated rings. The molecule has 2 aliphatic rings. The number of fused-ring (bicyclic) bond motifs is 1. The summed E-state index contributed by atoms with van der Waals surface area (Å²) in [5.41, 5.74) is 1.29. The molecule has 0 saturated carbocycles. The molecule has 1 amide bonds. The van der Waals surface area contributed by atoms with E-state index in [0.717, 1.165) is 6.54 Å². The molecule has 1 saturated heterocycles. The molecule has 1 aromatic carbocycles. The van der Waals surface area contributed by atoms with Gasteiger partial charge < -0.3 is 24.8 Å². The summed E-state index contributed by atoms with van der Waals surface area (Å²) in [5.74, 6) is 0.139. The maximum atomic E-state index is 13.6. The van der Waals surface area contributed by atoms with E-state index in [4.69, 9.17) is 14.2 Å². The zero-order chi connectivity index (χ0) is 15.4. The van der Waals surface area contributed by atoms with Crippen molar-refractivity contribution in [2.24, 2.45) is 0 Å². The number of carbonyl (C=O) groups excluding carboxylic acids is 1. The number of hydrogen-bond acceptors (Lipinski definition) is 5. The van der Waals surface area contributed by atoms with Crippen LogP contribution in [0.1, 0.15) is 17.5 Å². The molecule has 6 nitrogen and oxygen atoms in total. The average Bonchev–Trinajstić information content (AvgIpc) is 2.53. The van der Waals surface area contributed by atoms with E-state index >= 15 is 0 Å². The largest absolute Gasteiger partial charge is 0.467 e. The highest BCUT2D eigenvalue weighted by Gasteiger charge is 2.19. The van der Waals surface area contributed by atoms with Crippen molar-refractivity contribution in [3.63, 3.8) is 0 Å². The second-order valence-corrected chi connectivity index (χ2v) is 5.37. The van der Waals surface area contributed by atoms with Crippen LogP contribution in [0, 0.1) is 5.82 Å². The van der Waals surface area contributed by atoms with Crippen molar-refractivity contribution in [3.8, 4) is 5.75 Å². The Balaban J connectivity index is 0.00000192. The van der Waals surface area contributed by atoms with Crippen LogP contribution in [0.15, 0.2) is 12.1 Å². The number of carbonyl (C=O) groups is 1. The van der Waals surface area contributed by atoms with Crippen LogP contribution < -0.4 is 15.4 Å². The summed E-state index contributed by atoms with van der Waals surface area (Å²) in [5, 5.41) is 6.02. The van der Waals surface area contributed by atoms with Gasteiger partial charge in [0.05, 0.1) is 19.8 Å². The fraction of sp³-hybridized carbons (Fsp3) is 0.533. The van der Waals surface area contributed by atoms with E-state index in [9.17, 15) is 9.18 Å². The van der Waals surface area contributed by atoms with Gasteiger partial charge in [-0.1, -0.05) is 0 Å². The molecule has 0 aromatic heterocycles. The summed E-state index contributed by atoms with van der Waals surface area (Å²) in [6.07, 6.45) is 0.335. The van der Waals surface area contributed by atoms with E-state index in [0.29, 0.717) is 43.1 Å². The van der Waals surface area contributed by atoms with E-state index in [2.05, 4.69) is 10.6 Å². The molecule has 1 atom stereocenters. The molecule has 23 heavy (non-hydrogen) atoms. The van der Waals surface area contributed by atoms with Crippen molar-refractivity contribution in [1.29, 1.82) is 0 Å². The van der Waals surface area contributed by atoms with Crippen molar-refractivity contribution in [2.75, 3.05) is 26.6 Å². The summed E-state index contributed by atoms with van der Waals surface area (Å²) in [7, 11) is 0. The Kier molecular flexibility index (Phi) is 6.59. The van der Waals surface area contributed by atoms with Crippen LogP contribution in [0.25, 0.3) is 0 Å². The second kappa shape index (κ2) is 8.44. The predicted octanol–water partition coefficient (Wildman–Crippen LogP) is 1.11. The van der Waals surface area contributed by atoms with Gasteiger partial charge in [0.1, 0.15) is 11.6 Å². The lowest BCUT2D eigenvalue weighted by molar-refractivity contribution is -0.122. The number of rotatable bonds is 4. The first-order chi connectivity index (χ1) is 10.7. The van der Waals surface area contributed by atoms with Crippen LogP contribution in [0.4, 0.5) is 4.39 Å². The number of hydrogen-bond donors (Lipinski definition) is 2. The summed E-state index contributed by atoms with van der Waals surface area (Å²) in [6, 6.07) is 2.80. The van der Waals surface area contributed by atoms with Gasteiger partial charge in [0.15, 0.2) is 6.79 Å². The Morgan fingerprint density at radius 1 is 1.39 bits per heavy atom. The summed E-state index contributed by atoms with van der Waals surface area (Å²) in [4.78, 5) is 12.0. The van der Waals surface area contributed by atoms with E-state index in [1.807, 2.05) is 0 Å². The average molecular weight is 347 g/mol. The van der Waals surface area contributed by atoms with Gasteiger partial charge in [-0.05, 0) is 12.1 Å². The minimum atomic E-state index is -0.362. The van der Waals surface area contributed by atoms with Crippen LogP contribution in [0.2, 0.25) is 0 Å². The van der Waals surface area contributed by atoms with Crippen molar-refractivity contribution >= 4 is 18.3 Å². The van der Waals surface area contributed by atoms with Gasteiger partial charge in [-0.3, -0.25) is 4.79 Å². The number of morpholine rings is 1. The molecule has 2 N–H and O–H groups in total. The first kappa shape index (κ1) is 17.9. The molecule has 0 spiro atoms. The van der Waals surface area contributed by atoms with Gasteiger partial charge >= 0.3 is 0 Å². The Morgan fingerprint density at radius 2 is 2.26 bits per heavy atom. The van der Waals surface area contributed by atoms with Gasteiger partial charge in [-0.2, -0.15) is 0 Å². The summed E-state index contributed by atoms with van der Waals surface area (Å²) < 4.78 is 29.5. The number of nitrogens with one attached hydrogen (secondary N) is 2. The fourth-order valence-corrected chi connectivity index (χ4v) is 2.63. The highest BCUT2D eigenvalue weighted by atomic mass is 35.5. The molecule has 8 heteroatoms. The summed E-state index contributed by atoms with van der Waals surface area (Å²) >= 11 is 0. The smallest absolute Gasteiger partial charge is 0.221 e. The molecule has 1 unspecified atom stereocenters. The highest BCUT2D eigenvalue weighted by molar-refractivity contribution is 5.85. The van der Waals surface area contributed by atoms with Crippen LogP contribution in [0.5, 0.6) is 5.75 Å². The monoisotopic (exact) mass is 346 g/mol. The molecule has 0 bridgehead atoms. The van der Waals surface area contributed by atoms with E-state index in [1.165, 1.54) is 12.1 Å². The number of ether oxygens (including phenoxy) is 3. The third-order valence-corrected chi connectivity index (χ3v) is 3.66. The number of benzene rings is 1. The Morgan fingerprint density at radius 3 is 3.04 bits per heavy atom. The molecule has 0 radical (unpaired) electrons. The molecular formula is C15H20ClFN2O4. The number of amides is 1. The third kappa shape index (κ3) is 4.78. The third-order valence-electron chi connectivity index (χ3n) is 3.66. The van der Waals surface area contributed by atoms with Crippen LogP contribution in [-0.4, -0.2) is 38.5 Å². The quantitative estimate of drug-likeness (QED) is 0.854. The lowest BCUT2D eigenvalue weighted by Gasteiger charge is -2.23. The maximum Gasteiger partial charge on any atom is 0.221 e. The summed E-state index contributed by atoms with van der Waals surface area (Å²) in [6.45, 7) is 2.65. The predicted molar refractivity (Wildman–Crippen MR) is 83.0 cm³/mol. The lowest BCUT2D eigenvalue weighted by atomic mass is 10.1. The standard InChI is InChI=1S/C15H19FN2O4.ClH/c16-12-3-10(15-11(4-12)7-21-9-22-15)6-18-14(19)5-13-8-20-2-1-17-13;/h3-4,13,17H,1-2,5-9H2,(H,18,19);1H. The van der Waals surface area contributed by atoms with Crippen LogP contribution in [-0.2, 0) is 27.4 Å². The van der Waals surface area contributed by atoms with E-state index < -0.39 is 0 Å². The van der Waals surface area contributed by atoms with Crippen LogP contribution in [0.3, 0.4) is 0 Å². The molecule has 1 aromatic rings. The lowest BCUT2D eigenvalue weighted by Crippen LogP contribution is -2.44. The molecule has 128 valence electrons. The van der Waals surface area contributed by atoms with Crippen molar-refractivity contribution < 1.29 is 23.4 Å². The zero-order valence-electron chi connectivity index (χ0n) is 12.6. The Bertz CT molecular complexity index is 553. The Labute approximate surface area is 140 Å². The molecule has 0 aliphatic carbocycles. The van der Waals surface area contributed by atoms with Gasteiger partial charge in [-0.15, -0.1) is 12.4 Å². The van der Waals surface area contributed by atoms with Crippen molar-refractivity contribution in [2.45, 2.75) is 25.6 Å². The van der Waals surface area contributed by atoms with Crippen molar-refractivity contribution in [3.05, 3.63) is 29.1 Å². The minimum Gasteiger partial charge on any atom is -0.467 e. The van der Waals surface area contributed by atoms with Crippen molar-refractivity contribution in [1.82, 2.24) is 10.6 Å². The maximum absolute atomic E-state index is 13.6.